The lowest BCUT2D eigenvalue weighted by atomic mass is 9.96. The molecule has 0 spiro atoms. The van der Waals surface area contributed by atoms with Gasteiger partial charge in [-0.3, -0.25) is 9.59 Å². The van der Waals surface area contributed by atoms with Crippen molar-refractivity contribution in [2.45, 2.75) is 37.0 Å². The van der Waals surface area contributed by atoms with E-state index in [9.17, 15) is 9.59 Å². The smallest absolute Gasteiger partial charge is 0.232 e. The van der Waals surface area contributed by atoms with Crippen LogP contribution >= 0.6 is 23.4 Å². The van der Waals surface area contributed by atoms with Crippen molar-refractivity contribution in [2.75, 3.05) is 24.2 Å². The fourth-order valence-corrected chi connectivity index (χ4v) is 4.92. The summed E-state index contributed by atoms with van der Waals surface area (Å²) in [6.07, 6.45) is 6.42. The first kappa shape index (κ1) is 20.2. The van der Waals surface area contributed by atoms with Gasteiger partial charge in [-0.25, -0.2) is 4.98 Å². The Morgan fingerprint density at radius 1 is 1.14 bits per heavy atom. The lowest BCUT2D eigenvalue weighted by Gasteiger charge is -2.31. The van der Waals surface area contributed by atoms with Gasteiger partial charge in [-0.2, -0.15) is 0 Å². The van der Waals surface area contributed by atoms with E-state index in [1.807, 2.05) is 4.90 Å². The summed E-state index contributed by atoms with van der Waals surface area (Å²) < 4.78 is 0. The summed E-state index contributed by atoms with van der Waals surface area (Å²) in [5.41, 5.74) is 2.89. The van der Waals surface area contributed by atoms with E-state index in [0.29, 0.717) is 42.5 Å². The molecule has 0 bridgehead atoms. The third kappa shape index (κ3) is 5.11. The molecule has 2 amide bonds. The first-order valence-corrected chi connectivity index (χ1v) is 11.4. The van der Waals surface area contributed by atoms with Crippen molar-refractivity contribution >= 4 is 41.0 Å². The second-order valence-electron chi connectivity index (χ2n) is 7.58. The van der Waals surface area contributed by atoms with Crippen LogP contribution < -0.4 is 5.32 Å². The molecule has 2 aromatic rings. The van der Waals surface area contributed by atoms with Gasteiger partial charge in [-0.05, 0) is 67.5 Å². The molecule has 1 aliphatic heterocycles. The number of anilines is 1. The van der Waals surface area contributed by atoms with Gasteiger partial charge in [-0.1, -0.05) is 17.7 Å². The first-order valence-electron chi connectivity index (χ1n) is 10.0. The number of aromatic nitrogens is 1. The highest BCUT2D eigenvalue weighted by atomic mass is 35.5. The van der Waals surface area contributed by atoms with Crippen LogP contribution in [0.1, 0.15) is 30.4 Å². The number of pyridine rings is 1. The van der Waals surface area contributed by atoms with Crippen molar-refractivity contribution in [1.82, 2.24) is 9.88 Å². The topological polar surface area (TPSA) is 62.3 Å². The molecule has 1 aromatic heterocycles. The summed E-state index contributed by atoms with van der Waals surface area (Å²) in [6.45, 7) is 1.24. The molecule has 5 nitrogen and oxygen atoms in total. The number of piperidine rings is 1. The van der Waals surface area contributed by atoms with Gasteiger partial charge in [0.15, 0.2) is 0 Å². The highest BCUT2D eigenvalue weighted by Crippen LogP contribution is 2.28. The number of amides is 2. The van der Waals surface area contributed by atoms with Gasteiger partial charge in [0.25, 0.3) is 0 Å². The maximum atomic E-state index is 12.6. The Morgan fingerprint density at radius 3 is 2.69 bits per heavy atom. The van der Waals surface area contributed by atoms with E-state index in [4.69, 9.17) is 11.6 Å². The molecule has 4 rings (SSSR count). The van der Waals surface area contributed by atoms with Crippen LogP contribution in [0.25, 0.3) is 0 Å². The van der Waals surface area contributed by atoms with Gasteiger partial charge in [0.1, 0.15) is 5.82 Å². The molecule has 152 valence electrons. The minimum absolute atomic E-state index is 0.0422. The molecule has 1 aliphatic carbocycles. The maximum Gasteiger partial charge on any atom is 0.232 e. The Bertz CT molecular complexity index is 895. The summed E-state index contributed by atoms with van der Waals surface area (Å²) in [5, 5.41) is 3.37. The number of nitrogens with zero attached hydrogens (tertiary/aromatic N) is 2. The summed E-state index contributed by atoms with van der Waals surface area (Å²) >= 11 is 7.43. The van der Waals surface area contributed by atoms with Crippen LogP contribution in [-0.2, 0) is 22.4 Å². The molecular formula is C22H24ClN3O2S. The fraction of sp³-hybridized carbons (Fsp3) is 0.409. The Kier molecular flexibility index (Phi) is 6.40. The number of hydrogen-bond donors (Lipinski definition) is 1. The van der Waals surface area contributed by atoms with Crippen LogP contribution in [0.3, 0.4) is 0 Å². The quantitative estimate of drug-likeness (QED) is 0.724. The molecule has 2 heterocycles. The predicted molar refractivity (Wildman–Crippen MR) is 116 cm³/mol. The zero-order valence-corrected chi connectivity index (χ0v) is 17.8. The molecule has 2 aliphatic rings. The number of halogens is 1. The Balaban J connectivity index is 1.23. The van der Waals surface area contributed by atoms with E-state index in [0.717, 1.165) is 6.42 Å². The molecule has 1 fully saturated rings. The number of fused-ring (bicyclic) bond motifs is 1. The third-order valence-corrected chi connectivity index (χ3v) is 6.83. The van der Waals surface area contributed by atoms with E-state index in [1.54, 1.807) is 23.9 Å². The largest absolute Gasteiger partial charge is 0.342 e. The number of carbonyl (C=O) groups excluding carboxylic acids is 2. The minimum atomic E-state index is -0.0964. The van der Waals surface area contributed by atoms with Crippen LogP contribution in [0, 0.1) is 5.92 Å². The lowest BCUT2D eigenvalue weighted by Crippen LogP contribution is -2.42. The first-order chi connectivity index (χ1) is 14.1. The van der Waals surface area contributed by atoms with Crippen molar-refractivity contribution in [3.8, 4) is 0 Å². The van der Waals surface area contributed by atoms with Crippen LogP contribution in [0.5, 0.6) is 0 Å². The fourth-order valence-electron chi connectivity index (χ4n) is 3.94. The molecule has 29 heavy (non-hydrogen) atoms. The van der Waals surface area contributed by atoms with Gasteiger partial charge >= 0.3 is 0 Å². The second kappa shape index (κ2) is 9.18. The van der Waals surface area contributed by atoms with E-state index >= 15 is 0 Å². The molecule has 0 radical (unpaired) electrons. The van der Waals surface area contributed by atoms with Gasteiger partial charge in [-0.15, -0.1) is 11.8 Å². The van der Waals surface area contributed by atoms with Crippen LogP contribution in [0.2, 0.25) is 5.02 Å². The standard InChI is InChI=1S/C22H24ClN3O2S/c23-18-5-7-20(24-13-18)25-22(28)16-8-10-26(11-9-16)21(27)14-29-19-6-4-15-2-1-3-17(15)12-19/h4-7,12-13,16H,1-3,8-11,14H2,(H,24,25,28). The zero-order chi connectivity index (χ0) is 20.2. The molecule has 0 saturated carbocycles. The van der Waals surface area contributed by atoms with Gasteiger partial charge in [0, 0.05) is 30.1 Å². The Labute approximate surface area is 180 Å². The van der Waals surface area contributed by atoms with E-state index < -0.39 is 0 Å². The molecular weight excluding hydrogens is 406 g/mol. The maximum absolute atomic E-state index is 12.6. The van der Waals surface area contributed by atoms with Gasteiger partial charge in [0.05, 0.1) is 10.8 Å². The average molecular weight is 430 g/mol. The number of rotatable bonds is 5. The lowest BCUT2D eigenvalue weighted by molar-refractivity contribution is -0.132. The number of aryl methyl sites for hydroxylation is 2. The van der Waals surface area contributed by atoms with Crippen molar-refractivity contribution in [3.63, 3.8) is 0 Å². The summed E-state index contributed by atoms with van der Waals surface area (Å²) in [4.78, 5) is 32.2. The van der Waals surface area contributed by atoms with Crippen molar-refractivity contribution in [1.29, 1.82) is 0 Å². The van der Waals surface area contributed by atoms with Crippen molar-refractivity contribution in [3.05, 3.63) is 52.7 Å². The third-order valence-electron chi connectivity index (χ3n) is 5.63. The summed E-state index contributed by atoms with van der Waals surface area (Å²) in [7, 11) is 0. The highest BCUT2D eigenvalue weighted by Gasteiger charge is 2.27. The Morgan fingerprint density at radius 2 is 1.93 bits per heavy atom. The second-order valence-corrected chi connectivity index (χ2v) is 9.06. The minimum Gasteiger partial charge on any atom is -0.342 e. The number of thioether (sulfide) groups is 1. The van der Waals surface area contributed by atoms with E-state index in [1.165, 1.54) is 35.1 Å². The highest BCUT2D eigenvalue weighted by molar-refractivity contribution is 8.00. The van der Waals surface area contributed by atoms with Crippen molar-refractivity contribution < 1.29 is 9.59 Å². The molecule has 0 atom stereocenters. The number of hydrogen-bond acceptors (Lipinski definition) is 4. The monoisotopic (exact) mass is 429 g/mol. The average Bonchev–Trinajstić information content (AvgIpc) is 3.21. The predicted octanol–water partition coefficient (Wildman–Crippen LogP) is 4.19. The van der Waals surface area contributed by atoms with E-state index in [-0.39, 0.29) is 17.7 Å². The van der Waals surface area contributed by atoms with E-state index in [2.05, 4.69) is 28.5 Å². The molecule has 1 saturated heterocycles. The normalized spacial score (nSPS) is 16.5. The van der Waals surface area contributed by atoms with Crippen LogP contribution in [0.15, 0.2) is 41.4 Å². The number of nitrogens with one attached hydrogen (secondary N) is 1. The summed E-state index contributed by atoms with van der Waals surface area (Å²) in [5.74, 6) is 0.961. The van der Waals surface area contributed by atoms with Crippen LogP contribution in [0.4, 0.5) is 5.82 Å². The van der Waals surface area contributed by atoms with Crippen LogP contribution in [-0.4, -0.2) is 40.5 Å². The number of benzene rings is 1. The molecule has 1 aromatic carbocycles. The van der Waals surface area contributed by atoms with Crippen molar-refractivity contribution in [2.24, 2.45) is 5.92 Å². The SMILES string of the molecule is O=C(Nc1ccc(Cl)cn1)C1CCN(C(=O)CSc2ccc3c(c2)CCC3)CC1. The van der Waals surface area contributed by atoms with Gasteiger partial charge in [0.2, 0.25) is 11.8 Å². The zero-order valence-electron chi connectivity index (χ0n) is 16.2. The molecule has 0 unspecified atom stereocenters. The van der Waals surface area contributed by atoms with Gasteiger partial charge < -0.3 is 10.2 Å². The number of likely N-dealkylation sites (tertiary alicyclic amines) is 1. The summed E-state index contributed by atoms with van der Waals surface area (Å²) in [6, 6.07) is 9.96. The Hall–Kier alpha value is -2.05. The molecule has 1 N–H and O–H groups in total. The number of carbonyl (C=O) groups is 2. The molecule has 7 heteroatoms.